The number of amides is 2. The summed E-state index contributed by atoms with van der Waals surface area (Å²) in [5, 5.41) is 14.2. The lowest BCUT2D eigenvalue weighted by Crippen LogP contribution is -2.45. The number of nitrogens with one attached hydrogen (secondary N) is 2. The third-order valence-corrected chi connectivity index (χ3v) is 2.50. The van der Waals surface area contributed by atoms with Crippen molar-refractivity contribution in [2.45, 2.75) is 19.0 Å². The van der Waals surface area contributed by atoms with E-state index in [0.29, 0.717) is 5.02 Å². The first kappa shape index (κ1) is 14.9. The van der Waals surface area contributed by atoms with E-state index in [2.05, 4.69) is 16.6 Å². The number of aliphatic carboxylic acids is 1. The monoisotopic (exact) mass is 280 g/mol. The lowest BCUT2D eigenvalue weighted by atomic mass is 10.2. The molecule has 0 aromatic heterocycles. The van der Waals surface area contributed by atoms with Gasteiger partial charge in [-0.3, -0.25) is 0 Å². The van der Waals surface area contributed by atoms with Gasteiger partial charge in [-0.25, -0.2) is 9.59 Å². The number of carboxylic acid groups (broad SMARTS) is 1. The van der Waals surface area contributed by atoms with Crippen molar-refractivity contribution in [3.8, 4) is 12.3 Å². The van der Waals surface area contributed by atoms with Crippen LogP contribution < -0.4 is 10.6 Å². The van der Waals surface area contributed by atoms with Gasteiger partial charge in [0.1, 0.15) is 6.04 Å². The number of benzene rings is 1. The molecule has 2 amide bonds. The summed E-state index contributed by atoms with van der Waals surface area (Å²) in [6, 6.07) is 5.29. The molecule has 0 radical (unpaired) electrons. The number of carbonyl (C=O) groups excluding carboxylic acids is 1. The fourth-order valence-corrected chi connectivity index (χ4v) is 1.57. The largest absolute Gasteiger partial charge is 0.480 e. The standard InChI is InChI=1S/C13H13ClN2O3/c1-2-4-11(12(17)18)16-13(19)15-8-9-5-3-6-10(14)7-9/h1,3,5-7,11H,4,8H2,(H,17,18)(H2,15,16,19). The predicted molar refractivity (Wildman–Crippen MR) is 71.7 cm³/mol. The van der Waals surface area contributed by atoms with E-state index in [-0.39, 0.29) is 13.0 Å². The molecule has 1 aromatic carbocycles. The van der Waals surface area contributed by atoms with Crippen molar-refractivity contribution in [3.05, 3.63) is 34.9 Å². The third kappa shape index (κ3) is 5.32. The van der Waals surface area contributed by atoms with Gasteiger partial charge in [-0.1, -0.05) is 23.7 Å². The predicted octanol–water partition coefficient (Wildman–Crippen LogP) is 1.62. The average Bonchev–Trinajstić information content (AvgIpc) is 2.36. The normalized spacial score (nSPS) is 11.2. The Morgan fingerprint density at radius 3 is 2.79 bits per heavy atom. The summed E-state index contributed by atoms with van der Waals surface area (Å²) in [4.78, 5) is 22.3. The van der Waals surface area contributed by atoms with Crippen molar-refractivity contribution < 1.29 is 14.7 Å². The fourth-order valence-electron chi connectivity index (χ4n) is 1.36. The van der Waals surface area contributed by atoms with E-state index >= 15 is 0 Å². The molecule has 0 heterocycles. The second-order valence-corrected chi connectivity index (χ2v) is 4.19. The van der Waals surface area contributed by atoms with Crippen molar-refractivity contribution in [2.24, 2.45) is 0 Å². The van der Waals surface area contributed by atoms with Crippen LogP contribution in [0.5, 0.6) is 0 Å². The topological polar surface area (TPSA) is 78.4 Å². The van der Waals surface area contributed by atoms with Crippen molar-refractivity contribution in [1.29, 1.82) is 0 Å². The van der Waals surface area contributed by atoms with E-state index in [1.807, 2.05) is 0 Å². The number of halogens is 1. The summed E-state index contributed by atoms with van der Waals surface area (Å²) >= 11 is 5.80. The Morgan fingerprint density at radius 1 is 1.47 bits per heavy atom. The maximum absolute atomic E-state index is 11.5. The highest BCUT2D eigenvalue weighted by Crippen LogP contribution is 2.10. The van der Waals surface area contributed by atoms with Gasteiger partial charge in [0.15, 0.2) is 0 Å². The Kier molecular flexibility index (Phi) is 5.71. The van der Waals surface area contributed by atoms with Crippen LogP contribution >= 0.6 is 11.6 Å². The minimum atomic E-state index is -1.17. The zero-order valence-corrected chi connectivity index (χ0v) is 10.8. The van der Waals surface area contributed by atoms with Crippen LogP contribution in [0.15, 0.2) is 24.3 Å². The molecule has 0 saturated heterocycles. The van der Waals surface area contributed by atoms with Crippen LogP contribution in [0.3, 0.4) is 0 Å². The molecule has 1 rings (SSSR count). The van der Waals surface area contributed by atoms with Crippen molar-refractivity contribution in [3.63, 3.8) is 0 Å². The minimum Gasteiger partial charge on any atom is -0.480 e. The van der Waals surface area contributed by atoms with E-state index in [1.165, 1.54) is 0 Å². The molecule has 0 saturated carbocycles. The molecule has 5 nitrogen and oxygen atoms in total. The number of urea groups is 1. The molecule has 0 bridgehead atoms. The maximum Gasteiger partial charge on any atom is 0.327 e. The molecular formula is C13H13ClN2O3. The Balaban J connectivity index is 2.47. The molecule has 0 spiro atoms. The van der Waals surface area contributed by atoms with Gasteiger partial charge in [0.05, 0.1) is 0 Å². The second-order valence-electron chi connectivity index (χ2n) is 3.76. The molecule has 0 fully saturated rings. The summed E-state index contributed by atoms with van der Waals surface area (Å²) < 4.78 is 0. The van der Waals surface area contributed by atoms with Crippen LogP contribution in [-0.4, -0.2) is 23.1 Å². The van der Waals surface area contributed by atoms with E-state index in [9.17, 15) is 9.59 Å². The molecule has 100 valence electrons. The lowest BCUT2D eigenvalue weighted by molar-refractivity contribution is -0.139. The summed E-state index contributed by atoms with van der Waals surface area (Å²) in [5.74, 6) is 1.02. The van der Waals surface area contributed by atoms with Gasteiger partial charge in [0, 0.05) is 18.0 Å². The molecule has 1 unspecified atom stereocenters. The van der Waals surface area contributed by atoms with Gasteiger partial charge in [0.25, 0.3) is 0 Å². The summed E-state index contributed by atoms with van der Waals surface area (Å²) in [5.41, 5.74) is 0.812. The summed E-state index contributed by atoms with van der Waals surface area (Å²) in [6.07, 6.45) is 4.96. The van der Waals surface area contributed by atoms with Gasteiger partial charge in [0.2, 0.25) is 0 Å². The maximum atomic E-state index is 11.5. The first-order valence-corrected chi connectivity index (χ1v) is 5.86. The minimum absolute atomic E-state index is 0.0695. The van der Waals surface area contributed by atoms with E-state index in [1.54, 1.807) is 24.3 Å². The zero-order valence-electron chi connectivity index (χ0n) is 10.0. The molecule has 19 heavy (non-hydrogen) atoms. The van der Waals surface area contributed by atoms with E-state index in [0.717, 1.165) is 5.56 Å². The average molecular weight is 281 g/mol. The van der Waals surface area contributed by atoms with Gasteiger partial charge in [-0.15, -0.1) is 12.3 Å². The molecule has 0 aliphatic carbocycles. The van der Waals surface area contributed by atoms with Crippen molar-refractivity contribution >= 4 is 23.6 Å². The Bertz CT molecular complexity index is 511. The van der Waals surface area contributed by atoms with Crippen LogP contribution in [-0.2, 0) is 11.3 Å². The smallest absolute Gasteiger partial charge is 0.327 e. The van der Waals surface area contributed by atoms with Crippen LogP contribution in [0.1, 0.15) is 12.0 Å². The second kappa shape index (κ2) is 7.29. The molecule has 3 N–H and O–H groups in total. The fraction of sp³-hybridized carbons (Fsp3) is 0.231. The molecule has 0 aliphatic heterocycles. The quantitative estimate of drug-likeness (QED) is 0.717. The van der Waals surface area contributed by atoms with Crippen molar-refractivity contribution in [2.75, 3.05) is 0 Å². The number of rotatable bonds is 5. The zero-order chi connectivity index (χ0) is 14.3. The number of hydrogen-bond acceptors (Lipinski definition) is 2. The molecular weight excluding hydrogens is 268 g/mol. The number of hydrogen-bond donors (Lipinski definition) is 3. The van der Waals surface area contributed by atoms with Gasteiger partial charge in [-0.05, 0) is 17.7 Å². The van der Waals surface area contributed by atoms with Crippen LogP contribution in [0.2, 0.25) is 5.02 Å². The summed E-state index contributed by atoms with van der Waals surface area (Å²) in [6.45, 7) is 0.245. The van der Waals surface area contributed by atoms with Gasteiger partial charge in [-0.2, -0.15) is 0 Å². The van der Waals surface area contributed by atoms with Crippen LogP contribution in [0.25, 0.3) is 0 Å². The Hall–Kier alpha value is -2.19. The third-order valence-electron chi connectivity index (χ3n) is 2.27. The molecule has 1 atom stereocenters. The first-order chi connectivity index (χ1) is 9.02. The highest BCUT2D eigenvalue weighted by molar-refractivity contribution is 6.30. The highest BCUT2D eigenvalue weighted by Gasteiger charge is 2.18. The first-order valence-electron chi connectivity index (χ1n) is 5.48. The van der Waals surface area contributed by atoms with Gasteiger partial charge < -0.3 is 15.7 Å². The Labute approximate surface area is 116 Å². The number of carbonyl (C=O) groups is 2. The SMILES string of the molecule is C#CCC(NC(=O)NCc1cccc(Cl)c1)C(=O)O. The van der Waals surface area contributed by atoms with Gasteiger partial charge >= 0.3 is 12.0 Å². The molecule has 0 aliphatic rings. The molecule has 1 aromatic rings. The number of terminal acetylenes is 1. The van der Waals surface area contributed by atoms with Crippen LogP contribution in [0.4, 0.5) is 4.79 Å². The molecule has 6 heteroatoms. The summed E-state index contributed by atoms with van der Waals surface area (Å²) in [7, 11) is 0. The number of carboxylic acids is 1. The van der Waals surface area contributed by atoms with Crippen molar-refractivity contribution in [1.82, 2.24) is 10.6 Å². The lowest BCUT2D eigenvalue weighted by Gasteiger charge is -2.12. The van der Waals surface area contributed by atoms with E-state index in [4.69, 9.17) is 23.1 Å². The Morgan fingerprint density at radius 2 is 2.21 bits per heavy atom. The highest BCUT2D eigenvalue weighted by atomic mass is 35.5. The van der Waals surface area contributed by atoms with Crippen LogP contribution in [0, 0.1) is 12.3 Å². The van der Waals surface area contributed by atoms with E-state index < -0.39 is 18.0 Å².